The molecule has 1 unspecified atom stereocenters. The molecule has 0 saturated heterocycles. The fourth-order valence-electron chi connectivity index (χ4n) is 2.82. The molecular weight excluding hydrogens is 403 g/mol. The summed E-state index contributed by atoms with van der Waals surface area (Å²) >= 11 is 12.7. The first-order chi connectivity index (χ1) is 13.3. The van der Waals surface area contributed by atoms with E-state index in [-0.39, 0.29) is 41.0 Å². The van der Waals surface area contributed by atoms with Crippen molar-refractivity contribution in [3.8, 4) is 0 Å². The van der Waals surface area contributed by atoms with E-state index < -0.39 is 12.7 Å². The fourth-order valence-corrected chi connectivity index (χ4v) is 3.20. The van der Waals surface area contributed by atoms with Crippen LogP contribution in [-0.2, 0) is 13.0 Å². The Labute approximate surface area is 172 Å². The van der Waals surface area contributed by atoms with Crippen LogP contribution in [0.2, 0.25) is 5.02 Å². The minimum atomic E-state index is -0.917. The van der Waals surface area contributed by atoms with Gasteiger partial charge in [-0.3, -0.25) is 9.78 Å². The molecule has 150 valence electrons. The van der Waals surface area contributed by atoms with Crippen molar-refractivity contribution in [2.24, 2.45) is 0 Å². The summed E-state index contributed by atoms with van der Waals surface area (Å²) in [6.45, 7) is 5.02. The smallest absolute Gasteiger partial charge is 0.191 e. The number of aliphatic hydroxyl groups is 3. The highest BCUT2D eigenvalue weighted by molar-refractivity contribution is 6.37. The average Bonchev–Trinajstić information content (AvgIpc) is 2.70. The van der Waals surface area contributed by atoms with Gasteiger partial charge in [-0.1, -0.05) is 41.9 Å². The molecular formula is C20H22Cl2N2O4. The number of aryl methyl sites for hydroxylation is 1. The van der Waals surface area contributed by atoms with E-state index in [4.69, 9.17) is 28.3 Å². The summed E-state index contributed by atoms with van der Waals surface area (Å²) in [7, 11) is 0. The second kappa shape index (κ2) is 10.0. The first-order valence-corrected chi connectivity index (χ1v) is 9.41. The standard InChI is InChI=1S/C20H22Cl2N2O4/c1-3-4-5-15(21)12(2)24-13(10-25)8-18(28)19-17(7-6-14(27)11-26)23-9-16(22)20(19)24/h3-5,8-9,14,25-27H,2,6-7,10-11H2,1H3/b4-3-,15-5+. The minimum absolute atomic E-state index is 0.200. The topological polar surface area (TPSA) is 95.6 Å². The molecule has 0 amide bonds. The van der Waals surface area contributed by atoms with Crippen molar-refractivity contribution < 1.29 is 15.3 Å². The van der Waals surface area contributed by atoms with E-state index in [1.54, 1.807) is 18.2 Å². The molecule has 0 bridgehead atoms. The fraction of sp³-hybridized carbons (Fsp3) is 0.300. The molecule has 8 heteroatoms. The maximum Gasteiger partial charge on any atom is 0.191 e. The van der Waals surface area contributed by atoms with Crippen molar-refractivity contribution in [1.29, 1.82) is 0 Å². The van der Waals surface area contributed by atoms with Gasteiger partial charge in [-0.15, -0.1) is 0 Å². The number of allylic oxidation sites excluding steroid dienone is 5. The lowest BCUT2D eigenvalue weighted by molar-refractivity contribution is 0.0884. The monoisotopic (exact) mass is 424 g/mol. The van der Waals surface area contributed by atoms with Gasteiger partial charge in [0.25, 0.3) is 0 Å². The highest BCUT2D eigenvalue weighted by Crippen LogP contribution is 2.30. The third kappa shape index (κ3) is 4.71. The molecule has 0 aliphatic heterocycles. The van der Waals surface area contributed by atoms with Gasteiger partial charge in [0, 0.05) is 12.3 Å². The third-order valence-electron chi connectivity index (χ3n) is 4.21. The molecule has 0 aliphatic carbocycles. The van der Waals surface area contributed by atoms with E-state index in [0.717, 1.165) is 0 Å². The number of halogens is 2. The van der Waals surface area contributed by atoms with E-state index in [0.29, 0.717) is 21.9 Å². The molecule has 1 atom stereocenters. The van der Waals surface area contributed by atoms with Crippen LogP contribution in [0.25, 0.3) is 16.6 Å². The predicted molar refractivity (Wildman–Crippen MR) is 112 cm³/mol. The summed E-state index contributed by atoms with van der Waals surface area (Å²) in [5.74, 6) is 0. The molecule has 0 aliphatic rings. The number of fused-ring (bicyclic) bond motifs is 1. The lowest BCUT2D eigenvalue weighted by Gasteiger charge is -2.19. The Balaban J connectivity index is 2.77. The Morgan fingerprint density at radius 3 is 2.75 bits per heavy atom. The van der Waals surface area contributed by atoms with Crippen LogP contribution in [0.3, 0.4) is 0 Å². The van der Waals surface area contributed by atoms with Crippen LogP contribution in [0.4, 0.5) is 0 Å². The third-order valence-corrected chi connectivity index (χ3v) is 4.83. The van der Waals surface area contributed by atoms with Gasteiger partial charge < -0.3 is 19.9 Å². The van der Waals surface area contributed by atoms with Crippen LogP contribution in [0.15, 0.2) is 46.9 Å². The Morgan fingerprint density at radius 1 is 1.43 bits per heavy atom. The zero-order chi connectivity index (χ0) is 20.8. The molecule has 2 aromatic heterocycles. The van der Waals surface area contributed by atoms with Crippen LogP contribution in [0.5, 0.6) is 0 Å². The lowest BCUT2D eigenvalue weighted by atomic mass is 10.1. The number of hydrogen-bond donors (Lipinski definition) is 3. The van der Waals surface area contributed by atoms with E-state index in [2.05, 4.69) is 11.6 Å². The van der Waals surface area contributed by atoms with Gasteiger partial charge in [0.1, 0.15) is 0 Å². The molecule has 0 fully saturated rings. The normalized spacial score (nSPS) is 13.4. The second-order valence-corrected chi connectivity index (χ2v) is 6.95. The molecule has 28 heavy (non-hydrogen) atoms. The molecule has 0 saturated carbocycles. The van der Waals surface area contributed by atoms with Crippen molar-refractivity contribution >= 4 is 39.8 Å². The molecule has 3 N–H and O–H groups in total. The van der Waals surface area contributed by atoms with Crippen LogP contribution in [0, 0.1) is 0 Å². The van der Waals surface area contributed by atoms with Crippen LogP contribution >= 0.6 is 23.2 Å². The average molecular weight is 425 g/mol. The molecule has 2 aromatic rings. The Morgan fingerprint density at radius 2 is 2.14 bits per heavy atom. The SMILES string of the molecule is C=C(/C(Cl)=C\C=C/C)n1c(CO)cc(=O)c2c(CCC(O)CO)ncc(Cl)c21. The van der Waals surface area contributed by atoms with Crippen molar-refractivity contribution in [3.05, 3.63) is 68.7 Å². The Hall–Kier alpha value is -1.96. The zero-order valence-corrected chi connectivity index (χ0v) is 16.9. The van der Waals surface area contributed by atoms with Gasteiger partial charge >= 0.3 is 0 Å². The van der Waals surface area contributed by atoms with E-state index in [1.165, 1.54) is 16.8 Å². The zero-order valence-electron chi connectivity index (χ0n) is 15.4. The Bertz CT molecular complexity index is 996. The maximum atomic E-state index is 12.7. The second-order valence-electron chi connectivity index (χ2n) is 6.13. The summed E-state index contributed by atoms with van der Waals surface area (Å²) in [5.41, 5.74) is 1.02. The van der Waals surface area contributed by atoms with E-state index in [9.17, 15) is 15.0 Å². The summed E-state index contributed by atoms with van der Waals surface area (Å²) in [6, 6.07) is 1.29. The predicted octanol–water partition coefficient (Wildman–Crippen LogP) is 3.00. The van der Waals surface area contributed by atoms with Crippen molar-refractivity contribution in [2.75, 3.05) is 6.61 Å². The van der Waals surface area contributed by atoms with Gasteiger partial charge in [0.05, 0.1) is 57.4 Å². The molecule has 2 rings (SSSR count). The van der Waals surface area contributed by atoms with Crippen LogP contribution in [-0.4, -0.2) is 37.6 Å². The first kappa shape index (κ1) is 22.3. The van der Waals surface area contributed by atoms with Gasteiger partial charge in [-0.2, -0.15) is 0 Å². The lowest BCUT2D eigenvalue weighted by Crippen LogP contribution is -2.18. The highest BCUT2D eigenvalue weighted by Gasteiger charge is 2.19. The van der Waals surface area contributed by atoms with E-state index in [1.807, 2.05) is 6.92 Å². The number of pyridine rings is 2. The molecule has 0 aromatic carbocycles. The number of nitrogens with zero attached hydrogens (tertiary/aromatic N) is 2. The summed E-state index contributed by atoms with van der Waals surface area (Å²) < 4.78 is 1.54. The number of hydrogen-bond acceptors (Lipinski definition) is 5. The molecule has 0 radical (unpaired) electrons. The Kier molecular flexibility index (Phi) is 7.98. The quantitative estimate of drug-likeness (QED) is 0.566. The van der Waals surface area contributed by atoms with Gasteiger partial charge in [-0.05, 0) is 25.8 Å². The van der Waals surface area contributed by atoms with E-state index >= 15 is 0 Å². The van der Waals surface area contributed by atoms with Gasteiger partial charge in [-0.25, -0.2) is 0 Å². The summed E-state index contributed by atoms with van der Waals surface area (Å²) in [5, 5.41) is 29.2. The van der Waals surface area contributed by atoms with Crippen LogP contribution < -0.4 is 5.43 Å². The maximum absolute atomic E-state index is 12.7. The molecule has 0 spiro atoms. The van der Waals surface area contributed by atoms with Crippen molar-refractivity contribution in [3.63, 3.8) is 0 Å². The van der Waals surface area contributed by atoms with Crippen LogP contribution in [0.1, 0.15) is 24.7 Å². The largest absolute Gasteiger partial charge is 0.394 e. The first-order valence-electron chi connectivity index (χ1n) is 8.65. The number of rotatable bonds is 8. The minimum Gasteiger partial charge on any atom is -0.394 e. The summed E-state index contributed by atoms with van der Waals surface area (Å²) in [4.78, 5) is 17.0. The van der Waals surface area contributed by atoms with Crippen molar-refractivity contribution in [2.45, 2.75) is 32.5 Å². The molecule has 2 heterocycles. The molecule has 6 nitrogen and oxygen atoms in total. The van der Waals surface area contributed by atoms with Crippen molar-refractivity contribution in [1.82, 2.24) is 9.55 Å². The van der Waals surface area contributed by atoms with Gasteiger partial charge in [0.2, 0.25) is 0 Å². The number of aromatic nitrogens is 2. The number of aliphatic hydroxyl groups excluding tert-OH is 3. The summed E-state index contributed by atoms with van der Waals surface area (Å²) in [6.07, 6.45) is 6.15. The highest BCUT2D eigenvalue weighted by atomic mass is 35.5. The van der Waals surface area contributed by atoms with Gasteiger partial charge in [0.15, 0.2) is 5.43 Å².